The molecule has 1 atom stereocenters. The van der Waals surface area contributed by atoms with E-state index in [1.165, 1.54) is 0 Å². The van der Waals surface area contributed by atoms with E-state index in [0.717, 1.165) is 11.0 Å². The van der Waals surface area contributed by atoms with Gasteiger partial charge in [-0.3, -0.25) is 4.79 Å². The summed E-state index contributed by atoms with van der Waals surface area (Å²) in [5.74, 6) is 0.337. The fraction of sp³-hybridized carbons (Fsp3) is 0.429. The van der Waals surface area contributed by atoms with Crippen molar-refractivity contribution in [1.82, 2.24) is 9.55 Å². The molecule has 0 amide bonds. The molecule has 1 heterocycles. The summed E-state index contributed by atoms with van der Waals surface area (Å²) >= 11 is 0. The topological polar surface area (TPSA) is 60.9 Å². The number of aryl methyl sites for hydroxylation is 1. The highest BCUT2D eigenvalue weighted by molar-refractivity contribution is 5.74. The number of aromatic nitrogens is 2. The first-order valence-corrected chi connectivity index (χ1v) is 6.22. The summed E-state index contributed by atoms with van der Waals surface area (Å²) in [7, 11) is 0. The Kier molecular flexibility index (Phi) is 3.48. The molecule has 0 radical (unpaired) electrons. The van der Waals surface area contributed by atoms with Gasteiger partial charge in [0.2, 0.25) is 0 Å². The van der Waals surface area contributed by atoms with Gasteiger partial charge >= 0.3 is 0 Å². The minimum Gasteiger partial charge on any atom is -0.326 e. The third kappa shape index (κ3) is 2.29. The number of rotatable bonds is 3. The van der Waals surface area contributed by atoms with Gasteiger partial charge in [0, 0.05) is 12.6 Å². The van der Waals surface area contributed by atoms with Crippen LogP contribution in [0.5, 0.6) is 0 Å². The molecule has 0 aliphatic carbocycles. The second kappa shape index (κ2) is 4.90. The molecule has 2 rings (SSSR count). The Morgan fingerprint density at radius 1 is 1.33 bits per heavy atom. The molecule has 0 saturated carbocycles. The number of hydrogen-bond acceptors (Lipinski definition) is 3. The van der Waals surface area contributed by atoms with Gasteiger partial charge in [0.25, 0.3) is 5.56 Å². The van der Waals surface area contributed by atoms with Gasteiger partial charge in [-0.05, 0) is 25.0 Å². The van der Waals surface area contributed by atoms with Crippen LogP contribution >= 0.6 is 0 Å². The molecular formula is C14H19N3O. The number of hydrogen-bond donors (Lipinski definition) is 1. The molecule has 1 unspecified atom stereocenters. The largest absolute Gasteiger partial charge is 0.326 e. The monoisotopic (exact) mass is 245 g/mol. The van der Waals surface area contributed by atoms with Crippen molar-refractivity contribution in [3.05, 3.63) is 40.3 Å². The Hall–Kier alpha value is -1.68. The van der Waals surface area contributed by atoms with Crippen molar-refractivity contribution in [2.75, 3.05) is 0 Å². The van der Waals surface area contributed by atoms with Crippen LogP contribution in [0.4, 0.5) is 0 Å². The number of nitrogens with two attached hydrogens (primary N) is 1. The lowest BCUT2D eigenvalue weighted by molar-refractivity contribution is 0.433. The van der Waals surface area contributed by atoms with Gasteiger partial charge in [-0.1, -0.05) is 26.0 Å². The Labute approximate surface area is 106 Å². The summed E-state index contributed by atoms with van der Waals surface area (Å²) in [5.41, 5.74) is 8.24. The van der Waals surface area contributed by atoms with E-state index >= 15 is 0 Å². The Balaban J connectivity index is 2.60. The third-order valence-electron chi connectivity index (χ3n) is 3.27. The average Bonchev–Trinajstić information content (AvgIpc) is 2.34. The predicted molar refractivity (Wildman–Crippen MR) is 73.6 cm³/mol. The maximum Gasteiger partial charge on any atom is 0.272 e. The van der Waals surface area contributed by atoms with Gasteiger partial charge in [0.15, 0.2) is 0 Å². The minimum absolute atomic E-state index is 0.0343. The first-order valence-electron chi connectivity index (χ1n) is 6.22. The maximum absolute atomic E-state index is 12.2. The van der Waals surface area contributed by atoms with Gasteiger partial charge in [0.1, 0.15) is 5.69 Å². The van der Waals surface area contributed by atoms with Crippen molar-refractivity contribution in [2.24, 2.45) is 11.7 Å². The second-order valence-electron chi connectivity index (χ2n) is 5.01. The molecule has 4 heteroatoms. The van der Waals surface area contributed by atoms with E-state index in [-0.39, 0.29) is 11.6 Å². The molecule has 0 fully saturated rings. The molecule has 2 N–H and O–H groups in total. The zero-order chi connectivity index (χ0) is 13.3. The predicted octanol–water partition coefficient (Wildman–Crippen LogP) is 1.69. The zero-order valence-electron chi connectivity index (χ0n) is 11.1. The first-order chi connectivity index (χ1) is 8.50. The lowest BCUT2D eigenvalue weighted by Gasteiger charge is -2.18. The quantitative estimate of drug-likeness (QED) is 0.895. The molecule has 0 bridgehead atoms. The van der Waals surface area contributed by atoms with E-state index in [1.54, 1.807) is 11.5 Å². The maximum atomic E-state index is 12.2. The Morgan fingerprint density at radius 2 is 2.00 bits per heavy atom. The van der Waals surface area contributed by atoms with Crippen LogP contribution in [0.3, 0.4) is 0 Å². The SMILES string of the molecule is Cc1nc2ccccc2n(CC(N)C(C)C)c1=O. The molecule has 0 spiro atoms. The van der Waals surface area contributed by atoms with Crippen LogP contribution in [0.15, 0.2) is 29.1 Å². The lowest BCUT2D eigenvalue weighted by Crippen LogP contribution is -2.36. The van der Waals surface area contributed by atoms with Crippen LogP contribution in [-0.4, -0.2) is 15.6 Å². The van der Waals surface area contributed by atoms with Gasteiger partial charge in [0.05, 0.1) is 11.0 Å². The van der Waals surface area contributed by atoms with E-state index in [4.69, 9.17) is 5.73 Å². The fourth-order valence-electron chi connectivity index (χ4n) is 1.92. The molecule has 0 saturated heterocycles. The third-order valence-corrected chi connectivity index (χ3v) is 3.27. The average molecular weight is 245 g/mol. The van der Waals surface area contributed by atoms with Crippen LogP contribution in [0.25, 0.3) is 11.0 Å². The van der Waals surface area contributed by atoms with E-state index in [9.17, 15) is 4.79 Å². The number of nitrogens with zero attached hydrogens (tertiary/aromatic N) is 2. The van der Waals surface area contributed by atoms with Crippen LogP contribution in [-0.2, 0) is 6.54 Å². The minimum atomic E-state index is -0.0511. The Bertz CT molecular complexity index is 616. The zero-order valence-corrected chi connectivity index (χ0v) is 11.1. The molecule has 18 heavy (non-hydrogen) atoms. The highest BCUT2D eigenvalue weighted by atomic mass is 16.1. The van der Waals surface area contributed by atoms with Crippen molar-refractivity contribution in [3.8, 4) is 0 Å². The van der Waals surface area contributed by atoms with Crippen LogP contribution < -0.4 is 11.3 Å². The molecule has 2 aromatic rings. The number of benzene rings is 1. The van der Waals surface area contributed by atoms with Crippen molar-refractivity contribution < 1.29 is 0 Å². The van der Waals surface area contributed by atoms with Crippen molar-refractivity contribution >= 4 is 11.0 Å². The highest BCUT2D eigenvalue weighted by Gasteiger charge is 2.13. The van der Waals surface area contributed by atoms with E-state index in [0.29, 0.717) is 18.2 Å². The van der Waals surface area contributed by atoms with Crippen molar-refractivity contribution in [1.29, 1.82) is 0 Å². The molecule has 0 aliphatic rings. The van der Waals surface area contributed by atoms with E-state index in [1.807, 2.05) is 24.3 Å². The summed E-state index contributed by atoms with van der Waals surface area (Å²) in [4.78, 5) is 16.5. The number of fused-ring (bicyclic) bond motifs is 1. The molecule has 96 valence electrons. The summed E-state index contributed by atoms with van der Waals surface area (Å²) in [5, 5.41) is 0. The molecule has 1 aromatic carbocycles. The van der Waals surface area contributed by atoms with Crippen molar-refractivity contribution in [3.63, 3.8) is 0 Å². The highest BCUT2D eigenvalue weighted by Crippen LogP contribution is 2.11. The molecule has 1 aromatic heterocycles. The smallest absolute Gasteiger partial charge is 0.272 e. The van der Waals surface area contributed by atoms with Gasteiger partial charge in [-0.25, -0.2) is 4.98 Å². The summed E-state index contributed by atoms with van der Waals surface area (Å²) in [6.07, 6.45) is 0. The van der Waals surface area contributed by atoms with Crippen molar-refractivity contribution in [2.45, 2.75) is 33.4 Å². The molecule has 4 nitrogen and oxygen atoms in total. The summed E-state index contributed by atoms with van der Waals surface area (Å²) in [6, 6.07) is 7.63. The van der Waals surface area contributed by atoms with Gasteiger partial charge in [-0.2, -0.15) is 0 Å². The standard InChI is InChI=1S/C14H19N3O/c1-9(2)11(15)8-17-13-7-5-4-6-12(13)16-10(3)14(17)18/h4-7,9,11H,8,15H2,1-3H3. The lowest BCUT2D eigenvalue weighted by atomic mass is 10.1. The summed E-state index contributed by atoms with van der Waals surface area (Å²) < 4.78 is 1.74. The van der Waals surface area contributed by atoms with Gasteiger partial charge in [-0.15, -0.1) is 0 Å². The molecule has 0 aliphatic heterocycles. The normalized spacial score (nSPS) is 13.2. The number of para-hydroxylation sites is 2. The van der Waals surface area contributed by atoms with E-state index < -0.39 is 0 Å². The van der Waals surface area contributed by atoms with Crippen LogP contribution in [0.1, 0.15) is 19.5 Å². The summed E-state index contributed by atoms with van der Waals surface area (Å²) in [6.45, 7) is 6.39. The van der Waals surface area contributed by atoms with E-state index in [2.05, 4.69) is 18.8 Å². The van der Waals surface area contributed by atoms with Crippen LogP contribution in [0.2, 0.25) is 0 Å². The second-order valence-corrected chi connectivity index (χ2v) is 5.01. The van der Waals surface area contributed by atoms with Crippen LogP contribution in [0, 0.1) is 12.8 Å². The fourth-order valence-corrected chi connectivity index (χ4v) is 1.92. The van der Waals surface area contributed by atoms with Gasteiger partial charge < -0.3 is 10.3 Å². The first kappa shape index (κ1) is 12.8. The Morgan fingerprint density at radius 3 is 2.67 bits per heavy atom. The molecular weight excluding hydrogens is 226 g/mol.